The highest BCUT2D eigenvalue weighted by Gasteiger charge is 2.40. The fourth-order valence-electron chi connectivity index (χ4n) is 3.25. The second-order valence-electron chi connectivity index (χ2n) is 5.19. The van der Waals surface area contributed by atoms with E-state index in [1.165, 1.54) is 44.9 Å². The monoisotopic (exact) mass is 258 g/mol. The predicted molar refractivity (Wildman–Crippen MR) is 61.6 cm³/mol. The van der Waals surface area contributed by atoms with Crippen molar-refractivity contribution in [2.75, 3.05) is 0 Å². The third kappa shape index (κ3) is 2.21. The van der Waals surface area contributed by atoms with E-state index in [1.807, 2.05) is 0 Å². The van der Waals surface area contributed by atoms with Crippen LogP contribution in [0.25, 0.3) is 0 Å². The Hall–Kier alpha value is 0.150. The van der Waals surface area contributed by atoms with E-state index in [2.05, 4.69) is 15.9 Å². The Bertz CT molecular complexity index is 206. The molecule has 0 heterocycles. The highest BCUT2D eigenvalue weighted by Crippen LogP contribution is 2.52. The lowest BCUT2D eigenvalue weighted by Crippen LogP contribution is -2.25. The average Bonchev–Trinajstić information content (AvgIpc) is 2.53. The summed E-state index contributed by atoms with van der Waals surface area (Å²) in [5, 5.41) is 0. The van der Waals surface area contributed by atoms with Gasteiger partial charge in [0.2, 0.25) is 0 Å². The number of rotatable bonds is 2. The summed E-state index contributed by atoms with van der Waals surface area (Å²) in [5.74, 6) is 0.701. The van der Waals surface area contributed by atoms with Crippen molar-refractivity contribution < 1.29 is 4.79 Å². The van der Waals surface area contributed by atoms with Gasteiger partial charge in [-0.1, -0.05) is 15.9 Å². The van der Waals surface area contributed by atoms with Gasteiger partial charge in [0.15, 0.2) is 0 Å². The van der Waals surface area contributed by atoms with Crippen LogP contribution in [0.15, 0.2) is 0 Å². The van der Waals surface area contributed by atoms with Crippen molar-refractivity contribution >= 4 is 22.2 Å². The van der Waals surface area contributed by atoms with Gasteiger partial charge in [0.05, 0.1) is 0 Å². The lowest BCUT2D eigenvalue weighted by atomic mass is 9.69. The van der Waals surface area contributed by atoms with E-state index in [0.29, 0.717) is 11.3 Å². The first kappa shape index (κ1) is 10.7. The molecule has 0 aromatic heterocycles. The van der Waals surface area contributed by atoms with Gasteiger partial charge < -0.3 is 4.79 Å². The Morgan fingerprint density at radius 3 is 2.36 bits per heavy atom. The van der Waals surface area contributed by atoms with Crippen LogP contribution in [-0.4, -0.2) is 11.1 Å². The van der Waals surface area contributed by atoms with E-state index in [9.17, 15) is 4.79 Å². The second-order valence-corrected chi connectivity index (χ2v) is 6.48. The molecule has 0 bridgehead atoms. The minimum Gasteiger partial charge on any atom is -0.303 e. The molecule has 1 nitrogen and oxygen atoms in total. The van der Waals surface area contributed by atoms with Gasteiger partial charge in [0, 0.05) is 11.2 Å². The fraction of sp³-hybridized carbons (Fsp3) is 0.917. The molecule has 2 aliphatic carbocycles. The van der Waals surface area contributed by atoms with Crippen LogP contribution in [0, 0.1) is 11.3 Å². The molecule has 1 unspecified atom stereocenters. The van der Waals surface area contributed by atoms with Crippen molar-refractivity contribution in [3.8, 4) is 0 Å². The highest BCUT2D eigenvalue weighted by atomic mass is 79.9. The topological polar surface area (TPSA) is 17.1 Å². The van der Waals surface area contributed by atoms with Crippen molar-refractivity contribution in [1.29, 1.82) is 0 Å². The largest absolute Gasteiger partial charge is 0.303 e. The smallest absolute Gasteiger partial charge is 0.120 e. The molecular weight excluding hydrogens is 240 g/mol. The molecule has 2 fully saturated rings. The first-order chi connectivity index (χ1) is 6.74. The molecule has 80 valence electrons. The second kappa shape index (κ2) is 4.34. The van der Waals surface area contributed by atoms with E-state index in [-0.39, 0.29) is 0 Å². The Morgan fingerprint density at radius 2 is 1.86 bits per heavy atom. The summed E-state index contributed by atoms with van der Waals surface area (Å²) in [5.41, 5.74) is 0.660. The van der Waals surface area contributed by atoms with Gasteiger partial charge in [0.25, 0.3) is 0 Å². The molecule has 1 atom stereocenters. The molecule has 0 radical (unpaired) electrons. The Balaban J connectivity index is 1.86. The molecule has 2 heteroatoms. The molecule has 2 aliphatic rings. The molecular formula is C12H19BrO. The van der Waals surface area contributed by atoms with Gasteiger partial charge in [-0.2, -0.15) is 0 Å². The van der Waals surface area contributed by atoms with Crippen molar-refractivity contribution in [2.45, 2.75) is 56.2 Å². The number of carbonyl (C=O) groups excluding carboxylic acids is 1. The van der Waals surface area contributed by atoms with Crippen LogP contribution < -0.4 is 0 Å². The first-order valence-electron chi connectivity index (χ1n) is 5.82. The molecule has 14 heavy (non-hydrogen) atoms. The zero-order valence-corrected chi connectivity index (χ0v) is 10.3. The number of aldehydes is 1. The minimum absolute atomic E-state index is 0.660. The van der Waals surface area contributed by atoms with E-state index in [4.69, 9.17) is 0 Å². The number of alkyl halides is 1. The van der Waals surface area contributed by atoms with E-state index in [0.717, 1.165) is 17.5 Å². The molecule has 1 spiro atoms. The van der Waals surface area contributed by atoms with Crippen LogP contribution >= 0.6 is 15.9 Å². The summed E-state index contributed by atoms with van der Waals surface area (Å²) in [6, 6.07) is 0. The molecule has 2 rings (SSSR count). The molecule has 0 saturated heterocycles. The summed E-state index contributed by atoms with van der Waals surface area (Å²) in [6.45, 7) is 0. The maximum Gasteiger partial charge on any atom is 0.120 e. The zero-order valence-electron chi connectivity index (χ0n) is 8.68. The van der Waals surface area contributed by atoms with Gasteiger partial charge in [-0.3, -0.25) is 0 Å². The van der Waals surface area contributed by atoms with Crippen molar-refractivity contribution in [3.63, 3.8) is 0 Å². The average molecular weight is 259 g/mol. The molecule has 0 aromatic carbocycles. The third-order valence-electron chi connectivity index (χ3n) is 4.24. The van der Waals surface area contributed by atoms with Crippen LogP contribution in [0.2, 0.25) is 0 Å². The summed E-state index contributed by atoms with van der Waals surface area (Å²) in [7, 11) is 0. The maximum absolute atomic E-state index is 10.4. The third-order valence-corrected chi connectivity index (χ3v) is 5.02. The standard InChI is InChI=1S/C12H19BrO/c13-11-3-7-12(9-11)5-1-10(2-6-12)4-8-14/h8,10-11H,1-7,9H2. The van der Waals surface area contributed by atoms with Crippen molar-refractivity contribution in [1.82, 2.24) is 0 Å². The number of hydrogen-bond donors (Lipinski definition) is 0. The number of hydrogen-bond acceptors (Lipinski definition) is 1. The quantitative estimate of drug-likeness (QED) is 0.546. The molecule has 0 aromatic rings. The summed E-state index contributed by atoms with van der Waals surface area (Å²) in [6.07, 6.45) is 11.4. The number of halogens is 1. The molecule has 0 N–H and O–H groups in total. The van der Waals surface area contributed by atoms with Gasteiger partial charge in [-0.25, -0.2) is 0 Å². The number of carbonyl (C=O) groups is 1. The van der Waals surface area contributed by atoms with E-state index in [1.54, 1.807) is 0 Å². The Kier molecular flexibility index (Phi) is 3.30. The summed E-state index contributed by atoms with van der Waals surface area (Å²) in [4.78, 5) is 11.2. The van der Waals surface area contributed by atoms with Crippen LogP contribution in [0.4, 0.5) is 0 Å². The van der Waals surface area contributed by atoms with Gasteiger partial charge in [0.1, 0.15) is 6.29 Å². The maximum atomic E-state index is 10.4. The van der Waals surface area contributed by atoms with Crippen molar-refractivity contribution in [2.24, 2.45) is 11.3 Å². The minimum atomic E-state index is 0.660. The van der Waals surface area contributed by atoms with Crippen LogP contribution in [0.1, 0.15) is 51.4 Å². The van der Waals surface area contributed by atoms with Gasteiger partial charge in [-0.05, 0) is 56.3 Å². The highest BCUT2D eigenvalue weighted by molar-refractivity contribution is 9.09. The first-order valence-corrected chi connectivity index (χ1v) is 6.73. The fourth-order valence-corrected chi connectivity index (χ4v) is 4.17. The SMILES string of the molecule is O=CCC1CCC2(CCC(Br)C2)CC1. The van der Waals surface area contributed by atoms with Crippen LogP contribution in [0.5, 0.6) is 0 Å². The normalized spacial score (nSPS) is 42.9. The lowest BCUT2D eigenvalue weighted by molar-refractivity contribution is -0.109. The van der Waals surface area contributed by atoms with Crippen LogP contribution in [-0.2, 0) is 4.79 Å². The molecule has 0 amide bonds. The zero-order chi connectivity index (χ0) is 10.0. The predicted octanol–water partition coefficient (Wildman–Crippen LogP) is 3.70. The summed E-state index contributed by atoms with van der Waals surface area (Å²) >= 11 is 3.74. The van der Waals surface area contributed by atoms with Crippen molar-refractivity contribution in [3.05, 3.63) is 0 Å². The molecule has 0 aliphatic heterocycles. The Labute approximate surface area is 94.8 Å². The van der Waals surface area contributed by atoms with Gasteiger partial charge >= 0.3 is 0 Å². The Morgan fingerprint density at radius 1 is 1.21 bits per heavy atom. The van der Waals surface area contributed by atoms with E-state index >= 15 is 0 Å². The van der Waals surface area contributed by atoms with Gasteiger partial charge in [-0.15, -0.1) is 0 Å². The van der Waals surface area contributed by atoms with Crippen LogP contribution in [0.3, 0.4) is 0 Å². The summed E-state index contributed by atoms with van der Waals surface area (Å²) < 4.78 is 0. The van der Waals surface area contributed by atoms with E-state index < -0.39 is 0 Å². The lowest BCUT2D eigenvalue weighted by Gasteiger charge is -2.36. The molecule has 2 saturated carbocycles.